The number of hydrogen-bond donors (Lipinski definition) is 0. The van der Waals surface area contributed by atoms with E-state index in [-0.39, 0.29) is 5.69 Å². The molecule has 0 aliphatic carbocycles. The van der Waals surface area contributed by atoms with Gasteiger partial charge in [-0.15, -0.1) is 0 Å². The number of benzene rings is 1. The quantitative estimate of drug-likeness (QED) is 0.568. The van der Waals surface area contributed by atoms with Crippen LogP contribution < -0.4 is 5.69 Å². The lowest BCUT2D eigenvalue weighted by molar-refractivity contribution is -0.384. The lowest BCUT2D eigenvalue weighted by Gasteiger charge is -2.06. The van der Waals surface area contributed by atoms with Crippen molar-refractivity contribution < 1.29 is 4.92 Å². The minimum Gasteiger partial charge on any atom is -0.266 e. The summed E-state index contributed by atoms with van der Waals surface area (Å²) in [6, 6.07) is 5.73. The molecule has 2 aromatic rings. The van der Waals surface area contributed by atoms with Crippen LogP contribution in [0.5, 0.6) is 0 Å². The van der Waals surface area contributed by atoms with Crippen LogP contribution >= 0.6 is 0 Å². The number of nitrogens with zero attached hydrogens (tertiary/aromatic N) is 4. The second-order valence-electron chi connectivity index (χ2n) is 3.55. The maximum atomic E-state index is 11.6. The molecular formula is C10H10N4O3. The van der Waals surface area contributed by atoms with Gasteiger partial charge < -0.3 is 0 Å². The molecule has 0 aliphatic heterocycles. The normalized spacial score (nSPS) is 10.5. The minimum atomic E-state index is -0.485. The summed E-state index contributed by atoms with van der Waals surface area (Å²) in [7, 11) is 1.70. The summed E-state index contributed by atoms with van der Waals surface area (Å²) < 4.78 is 2.93. The van der Waals surface area contributed by atoms with E-state index in [1.54, 1.807) is 18.7 Å². The van der Waals surface area contributed by atoms with Gasteiger partial charge in [0.25, 0.3) is 5.69 Å². The molecule has 1 heterocycles. The fourth-order valence-corrected chi connectivity index (χ4v) is 1.53. The molecule has 0 amide bonds. The molecular weight excluding hydrogens is 224 g/mol. The Kier molecular flexibility index (Phi) is 2.51. The molecule has 1 aromatic carbocycles. The van der Waals surface area contributed by atoms with Crippen molar-refractivity contribution in [3.63, 3.8) is 0 Å². The van der Waals surface area contributed by atoms with Crippen LogP contribution in [0, 0.1) is 17.0 Å². The molecule has 7 heteroatoms. The number of non-ortho nitro benzene ring substituents is 1. The van der Waals surface area contributed by atoms with Crippen LogP contribution in [0.25, 0.3) is 5.69 Å². The summed E-state index contributed by atoms with van der Waals surface area (Å²) >= 11 is 0. The van der Waals surface area contributed by atoms with Gasteiger partial charge in [-0.1, -0.05) is 0 Å². The molecule has 0 spiro atoms. The van der Waals surface area contributed by atoms with Gasteiger partial charge in [-0.05, 0) is 19.1 Å². The topological polar surface area (TPSA) is 83.0 Å². The molecule has 0 atom stereocenters. The summed E-state index contributed by atoms with van der Waals surface area (Å²) in [6.07, 6.45) is 0. The first-order chi connectivity index (χ1) is 8.00. The molecule has 0 aliphatic rings. The van der Waals surface area contributed by atoms with E-state index in [0.29, 0.717) is 11.5 Å². The van der Waals surface area contributed by atoms with Crippen molar-refractivity contribution >= 4 is 5.69 Å². The lowest BCUT2D eigenvalue weighted by atomic mass is 10.3. The summed E-state index contributed by atoms with van der Waals surface area (Å²) in [5.41, 5.74) is 0.128. The molecule has 7 nitrogen and oxygen atoms in total. The Morgan fingerprint density at radius 1 is 1.29 bits per heavy atom. The first kappa shape index (κ1) is 11.1. The van der Waals surface area contributed by atoms with E-state index in [1.165, 1.54) is 28.9 Å². The van der Waals surface area contributed by atoms with Crippen LogP contribution in [0.3, 0.4) is 0 Å². The number of nitro groups is 1. The number of rotatable bonds is 2. The highest BCUT2D eigenvalue weighted by atomic mass is 16.6. The van der Waals surface area contributed by atoms with Gasteiger partial charge in [0.1, 0.15) is 5.82 Å². The van der Waals surface area contributed by atoms with Gasteiger partial charge in [0.15, 0.2) is 0 Å². The average molecular weight is 234 g/mol. The van der Waals surface area contributed by atoms with Gasteiger partial charge in [-0.2, -0.15) is 9.67 Å². The van der Waals surface area contributed by atoms with Gasteiger partial charge in [-0.25, -0.2) is 4.79 Å². The molecule has 0 saturated carbocycles. The SMILES string of the molecule is Cc1nc(=O)n(-c2ccc([N+](=O)[O-])cc2)n1C. The first-order valence-corrected chi connectivity index (χ1v) is 4.88. The third-order valence-corrected chi connectivity index (χ3v) is 2.51. The summed E-state index contributed by atoms with van der Waals surface area (Å²) in [5.74, 6) is 0.577. The fraction of sp³-hybridized carbons (Fsp3) is 0.200. The van der Waals surface area contributed by atoms with Gasteiger partial charge in [0.2, 0.25) is 0 Å². The summed E-state index contributed by atoms with van der Waals surface area (Å²) in [6.45, 7) is 1.71. The Labute approximate surface area is 96.1 Å². The maximum absolute atomic E-state index is 11.6. The zero-order valence-electron chi connectivity index (χ0n) is 9.32. The largest absolute Gasteiger partial charge is 0.368 e. The van der Waals surface area contributed by atoms with Crippen molar-refractivity contribution in [2.45, 2.75) is 6.92 Å². The van der Waals surface area contributed by atoms with Crippen molar-refractivity contribution in [1.82, 2.24) is 14.3 Å². The van der Waals surface area contributed by atoms with E-state index in [2.05, 4.69) is 4.98 Å². The Hall–Kier alpha value is -2.44. The zero-order chi connectivity index (χ0) is 12.6. The number of hydrogen-bond acceptors (Lipinski definition) is 4. The highest BCUT2D eigenvalue weighted by Gasteiger charge is 2.10. The second kappa shape index (κ2) is 3.85. The van der Waals surface area contributed by atoms with Crippen molar-refractivity contribution in [3.8, 4) is 5.69 Å². The molecule has 0 unspecified atom stereocenters. The Morgan fingerprint density at radius 3 is 2.29 bits per heavy atom. The smallest absolute Gasteiger partial charge is 0.266 e. The van der Waals surface area contributed by atoms with Crippen LogP contribution in [0.1, 0.15) is 5.82 Å². The van der Waals surface area contributed by atoms with Gasteiger partial charge in [0, 0.05) is 19.2 Å². The Bertz CT molecular complexity index is 624. The molecule has 0 radical (unpaired) electrons. The zero-order valence-corrected chi connectivity index (χ0v) is 9.32. The Morgan fingerprint density at radius 2 is 1.88 bits per heavy atom. The minimum absolute atomic E-state index is 0.0133. The molecule has 0 saturated heterocycles. The van der Waals surface area contributed by atoms with Crippen LogP contribution in [0.2, 0.25) is 0 Å². The average Bonchev–Trinajstić information content (AvgIpc) is 2.53. The van der Waals surface area contributed by atoms with Crippen molar-refractivity contribution in [1.29, 1.82) is 0 Å². The predicted molar refractivity (Wildman–Crippen MR) is 60.2 cm³/mol. The monoisotopic (exact) mass is 234 g/mol. The molecule has 0 N–H and O–H groups in total. The van der Waals surface area contributed by atoms with E-state index < -0.39 is 10.6 Å². The lowest BCUT2D eigenvalue weighted by Crippen LogP contribution is -2.20. The molecule has 17 heavy (non-hydrogen) atoms. The molecule has 1 aromatic heterocycles. The van der Waals surface area contributed by atoms with Crippen molar-refractivity contribution in [2.75, 3.05) is 0 Å². The molecule has 88 valence electrons. The van der Waals surface area contributed by atoms with Crippen LogP contribution in [0.4, 0.5) is 5.69 Å². The van der Waals surface area contributed by atoms with E-state index >= 15 is 0 Å². The van der Waals surface area contributed by atoms with Gasteiger partial charge >= 0.3 is 5.69 Å². The van der Waals surface area contributed by atoms with E-state index in [1.807, 2.05) is 0 Å². The van der Waals surface area contributed by atoms with E-state index in [9.17, 15) is 14.9 Å². The third kappa shape index (κ3) is 1.82. The van der Waals surface area contributed by atoms with E-state index in [0.717, 1.165) is 0 Å². The number of aromatic nitrogens is 3. The summed E-state index contributed by atoms with van der Waals surface area (Å²) in [5, 5.41) is 10.5. The van der Waals surface area contributed by atoms with E-state index in [4.69, 9.17) is 0 Å². The van der Waals surface area contributed by atoms with Crippen LogP contribution in [-0.4, -0.2) is 19.3 Å². The van der Waals surface area contributed by atoms with Crippen LogP contribution in [-0.2, 0) is 7.05 Å². The molecule has 2 rings (SSSR count). The number of nitro benzene ring substituents is 1. The summed E-state index contributed by atoms with van der Waals surface area (Å²) in [4.78, 5) is 25.4. The van der Waals surface area contributed by atoms with Gasteiger partial charge in [-0.3, -0.25) is 14.8 Å². The third-order valence-electron chi connectivity index (χ3n) is 2.51. The highest BCUT2D eigenvalue weighted by Crippen LogP contribution is 2.13. The van der Waals surface area contributed by atoms with Crippen molar-refractivity contribution in [3.05, 3.63) is 50.7 Å². The molecule has 0 bridgehead atoms. The first-order valence-electron chi connectivity index (χ1n) is 4.88. The second-order valence-corrected chi connectivity index (χ2v) is 3.55. The highest BCUT2D eigenvalue weighted by molar-refractivity contribution is 5.40. The molecule has 0 fully saturated rings. The standard InChI is InChI=1S/C10H10N4O3/c1-7-11-10(15)13(12(7)2)8-3-5-9(6-4-8)14(16)17/h3-6H,1-2H3. The van der Waals surface area contributed by atoms with Gasteiger partial charge in [0.05, 0.1) is 10.6 Å². The number of aryl methyl sites for hydroxylation is 1. The Balaban J connectivity index is 2.54. The maximum Gasteiger partial charge on any atom is 0.368 e. The predicted octanol–water partition coefficient (Wildman–Crippen LogP) is 0.788. The fourth-order valence-electron chi connectivity index (χ4n) is 1.53. The van der Waals surface area contributed by atoms with Crippen LogP contribution in [0.15, 0.2) is 29.1 Å². The van der Waals surface area contributed by atoms with Crippen molar-refractivity contribution in [2.24, 2.45) is 7.05 Å².